The Morgan fingerprint density at radius 3 is 2.89 bits per heavy atom. The van der Waals surface area contributed by atoms with Crippen molar-refractivity contribution in [3.63, 3.8) is 0 Å². The predicted octanol–water partition coefficient (Wildman–Crippen LogP) is 4.35. The Bertz CT molecular complexity index is 551. The second-order valence-corrected chi connectivity index (χ2v) is 5.42. The van der Waals surface area contributed by atoms with Crippen molar-refractivity contribution < 1.29 is 0 Å². The zero-order valence-corrected chi connectivity index (χ0v) is 12.5. The van der Waals surface area contributed by atoms with E-state index in [4.69, 9.17) is 17.3 Å². The molecule has 0 saturated carbocycles. The molecule has 0 aliphatic carbocycles. The maximum atomic E-state index is 6.12. The summed E-state index contributed by atoms with van der Waals surface area (Å²) in [6.07, 6.45) is 4.03. The van der Waals surface area contributed by atoms with Crippen LogP contribution in [0, 0.1) is 0 Å². The number of aryl methyl sites for hydroxylation is 1. The van der Waals surface area contributed by atoms with Crippen LogP contribution in [0.2, 0.25) is 5.02 Å². The Balaban J connectivity index is 2.33. The number of halogens is 2. The van der Waals surface area contributed by atoms with Crippen LogP contribution in [0.4, 0.5) is 5.82 Å². The highest BCUT2D eigenvalue weighted by atomic mass is 79.9. The summed E-state index contributed by atoms with van der Waals surface area (Å²) in [6, 6.07) is 5.70. The molecule has 5 heteroatoms. The number of imidazole rings is 1. The van der Waals surface area contributed by atoms with Gasteiger partial charge in [-0.2, -0.15) is 0 Å². The minimum atomic E-state index is 0.683. The summed E-state index contributed by atoms with van der Waals surface area (Å²) in [4.78, 5) is 4.38. The molecule has 18 heavy (non-hydrogen) atoms. The fourth-order valence-electron chi connectivity index (χ4n) is 1.76. The molecule has 2 N–H and O–H groups in total. The van der Waals surface area contributed by atoms with E-state index in [1.54, 1.807) is 6.33 Å². The van der Waals surface area contributed by atoms with Crippen molar-refractivity contribution in [2.45, 2.75) is 26.3 Å². The molecule has 3 nitrogen and oxygen atoms in total. The fourth-order valence-corrected chi connectivity index (χ4v) is 2.26. The van der Waals surface area contributed by atoms with Gasteiger partial charge in [0.2, 0.25) is 0 Å². The van der Waals surface area contributed by atoms with E-state index < -0.39 is 0 Å². The van der Waals surface area contributed by atoms with E-state index in [9.17, 15) is 0 Å². The van der Waals surface area contributed by atoms with Crippen LogP contribution in [0.5, 0.6) is 0 Å². The number of unbranched alkanes of at least 4 members (excludes halogenated alkanes) is 1. The normalized spacial score (nSPS) is 10.8. The van der Waals surface area contributed by atoms with Gasteiger partial charge in [0.15, 0.2) is 0 Å². The molecule has 2 aromatic rings. The third kappa shape index (κ3) is 2.70. The van der Waals surface area contributed by atoms with Gasteiger partial charge in [0.25, 0.3) is 0 Å². The second-order valence-electron chi connectivity index (χ2n) is 4.15. The highest BCUT2D eigenvalue weighted by Crippen LogP contribution is 2.30. The number of nitrogens with two attached hydrogens (primary N) is 1. The molecule has 0 amide bonds. The Kier molecular flexibility index (Phi) is 4.30. The molecule has 0 fully saturated rings. The number of hydrogen-bond acceptors (Lipinski definition) is 2. The summed E-state index contributed by atoms with van der Waals surface area (Å²) in [6.45, 7) is 3.06. The first-order chi connectivity index (χ1) is 8.63. The molecule has 0 unspecified atom stereocenters. The number of anilines is 1. The van der Waals surface area contributed by atoms with Gasteiger partial charge in [-0.25, -0.2) is 4.98 Å². The Hall–Kier alpha value is -1.00. The summed E-state index contributed by atoms with van der Waals surface area (Å²) in [5, 5.41) is 0.683. The number of rotatable bonds is 4. The number of nitrogens with zero attached hydrogens (tertiary/aromatic N) is 2. The number of aromatic nitrogens is 2. The average molecular weight is 329 g/mol. The first-order valence-electron chi connectivity index (χ1n) is 5.89. The lowest BCUT2D eigenvalue weighted by molar-refractivity contribution is 0.637. The molecule has 1 aromatic carbocycles. The molecule has 0 bridgehead atoms. The van der Waals surface area contributed by atoms with Crippen LogP contribution in [0.25, 0.3) is 11.3 Å². The standard InChI is InChI=1S/C13H15BrClN3/c1-2-3-6-18-8-17-12(13(18)16)9-4-5-11(15)10(14)7-9/h4-5,7-8H,2-3,6,16H2,1H3. The molecule has 1 heterocycles. The van der Waals surface area contributed by atoms with E-state index in [-0.39, 0.29) is 0 Å². The number of nitrogen functional groups attached to an aromatic ring is 1. The highest BCUT2D eigenvalue weighted by molar-refractivity contribution is 9.10. The van der Waals surface area contributed by atoms with Gasteiger partial charge in [0.1, 0.15) is 11.5 Å². The van der Waals surface area contributed by atoms with Gasteiger partial charge in [-0.15, -0.1) is 0 Å². The lowest BCUT2D eigenvalue weighted by Gasteiger charge is -2.05. The zero-order chi connectivity index (χ0) is 13.1. The molecular formula is C13H15BrClN3. The third-order valence-corrected chi connectivity index (χ3v) is 4.04. The fraction of sp³-hybridized carbons (Fsp3) is 0.308. The van der Waals surface area contributed by atoms with Gasteiger partial charge >= 0.3 is 0 Å². The van der Waals surface area contributed by atoms with Crippen LogP contribution in [0.1, 0.15) is 19.8 Å². The van der Waals surface area contributed by atoms with Gasteiger partial charge in [0, 0.05) is 16.6 Å². The molecule has 1 aromatic heterocycles. The summed E-state index contributed by atoms with van der Waals surface area (Å²) in [5.74, 6) is 0.706. The van der Waals surface area contributed by atoms with Crippen molar-refractivity contribution in [1.82, 2.24) is 9.55 Å². The first kappa shape index (κ1) is 13.4. The van der Waals surface area contributed by atoms with Crippen molar-refractivity contribution in [3.8, 4) is 11.3 Å². The molecule has 0 radical (unpaired) electrons. The molecule has 0 atom stereocenters. The maximum Gasteiger partial charge on any atom is 0.131 e. The van der Waals surface area contributed by atoms with E-state index in [2.05, 4.69) is 27.8 Å². The third-order valence-electron chi connectivity index (χ3n) is 2.82. The van der Waals surface area contributed by atoms with Crippen molar-refractivity contribution in [2.75, 3.05) is 5.73 Å². The predicted molar refractivity (Wildman–Crippen MR) is 79.7 cm³/mol. The van der Waals surface area contributed by atoms with Crippen LogP contribution in [-0.4, -0.2) is 9.55 Å². The van der Waals surface area contributed by atoms with E-state index in [1.807, 2.05) is 22.8 Å². The van der Waals surface area contributed by atoms with Crippen molar-refractivity contribution >= 4 is 33.3 Å². The average Bonchev–Trinajstić information content (AvgIpc) is 2.72. The summed E-state index contributed by atoms with van der Waals surface area (Å²) in [7, 11) is 0. The lowest BCUT2D eigenvalue weighted by Crippen LogP contribution is -2.02. The Morgan fingerprint density at radius 1 is 1.44 bits per heavy atom. The van der Waals surface area contributed by atoms with Gasteiger partial charge < -0.3 is 10.3 Å². The van der Waals surface area contributed by atoms with E-state index in [1.165, 1.54) is 0 Å². The van der Waals surface area contributed by atoms with Crippen LogP contribution >= 0.6 is 27.5 Å². The Labute approximate surface area is 120 Å². The smallest absolute Gasteiger partial charge is 0.131 e. The zero-order valence-electron chi connectivity index (χ0n) is 10.2. The number of hydrogen-bond donors (Lipinski definition) is 1. The molecule has 0 aliphatic rings. The van der Waals surface area contributed by atoms with Gasteiger partial charge in [-0.1, -0.05) is 31.0 Å². The van der Waals surface area contributed by atoms with E-state index in [0.29, 0.717) is 10.8 Å². The first-order valence-corrected chi connectivity index (χ1v) is 7.06. The largest absolute Gasteiger partial charge is 0.383 e. The van der Waals surface area contributed by atoms with Gasteiger partial charge in [-0.05, 0) is 34.5 Å². The maximum absolute atomic E-state index is 6.12. The molecule has 2 rings (SSSR count). The van der Waals surface area contributed by atoms with E-state index >= 15 is 0 Å². The second kappa shape index (κ2) is 5.76. The molecule has 0 spiro atoms. The monoisotopic (exact) mass is 327 g/mol. The molecule has 0 aliphatic heterocycles. The highest BCUT2D eigenvalue weighted by Gasteiger charge is 2.10. The van der Waals surface area contributed by atoms with E-state index in [0.717, 1.165) is 35.1 Å². The van der Waals surface area contributed by atoms with Crippen LogP contribution < -0.4 is 5.73 Å². The van der Waals surface area contributed by atoms with Gasteiger partial charge in [-0.3, -0.25) is 0 Å². The lowest BCUT2D eigenvalue weighted by atomic mass is 10.1. The van der Waals surface area contributed by atoms with Crippen LogP contribution in [0.3, 0.4) is 0 Å². The van der Waals surface area contributed by atoms with Crippen LogP contribution in [-0.2, 0) is 6.54 Å². The Morgan fingerprint density at radius 2 is 2.22 bits per heavy atom. The molecule has 96 valence electrons. The molecular weight excluding hydrogens is 314 g/mol. The number of benzene rings is 1. The summed E-state index contributed by atoms with van der Waals surface area (Å²) in [5.41, 5.74) is 7.90. The molecule has 0 saturated heterocycles. The van der Waals surface area contributed by atoms with Crippen LogP contribution in [0.15, 0.2) is 29.0 Å². The topological polar surface area (TPSA) is 43.8 Å². The minimum absolute atomic E-state index is 0.683. The SMILES string of the molecule is CCCCn1cnc(-c2ccc(Cl)c(Br)c2)c1N. The van der Waals surface area contributed by atoms with Crippen molar-refractivity contribution in [1.29, 1.82) is 0 Å². The summed E-state index contributed by atoms with van der Waals surface area (Å²) >= 11 is 9.39. The van der Waals surface area contributed by atoms with Crippen molar-refractivity contribution in [2.24, 2.45) is 0 Å². The quantitative estimate of drug-likeness (QED) is 0.907. The van der Waals surface area contributed by atoms with Gasteiger partial charge in [0.05, 0.1) is 11.3 Å². The van der Waals surface area contributed by atoms with Crippen molar-refractivity contribution in [3.05, 3.63) is 34.0 Å². The summed E-state index contributed by atoms with van der Waals surface area (Å²) < 4.78 is 2.84. The minimum Gasteiger partial charge on any atom is -0.383 e.